The monoisotopic (exact) mass is 391 g/mol. The molecule has 1 fully saturated rings. The molecular weight excluding hydrogens is 369 g/mol. The van der Waals surface area contributed by atoms with E-state index >= 15 is 0 Å². The van der Waals surface area contributed by atoms with Gasteiger partial charge in [0.1, 0.15) is 5.75 Å². The zero-order valence-corrected chi connectivity index (χ0v) is 16.2. The second-order valence-corrected chi connectivity index (χ2v) is 7.59. The summed E-state index contributed by atoms with van der Waals surface area (Å²) in [5, 5.41) is 3.66. The fraction of sp³-hybridized carbons (Fsp3) is 0.381. The number of halogens is 2. The molecule has 0 saturated heterocycles. The number of hydrogen-bond acceptors (Lipinski definition) is 2. The van der Waals surface area contributed by atoms with Gasteiger partial charge < -0.3 is 10.1 Å². The van der Waals surface area contributed by atoms with E-state index < -0.39 is 0 Å². The van der Waals surface area contributed by atoms with Crippen molar-refractivity contribution in [3.63, 3.8) is 0 Å². The number of anilines is 1. The Kier molecular flexibility index (Phi) is 6.81. The van der Waals surface area contributed by atoms with Gasteiger partial charge in [0.2, 0.25) is 0 Å². The highest BCUT2D eigenvalue weighted by Crippen LogP contribution is 2.27. The predicted octanol–water partition coefficient (Wildman–Crippen LogP) is 6.59. The summed E-state index contributed by atoms with van der Waals surface area (Å²) in [6.07, 6.45) is 7.88. The van der Waals surface area contributed by atoms with Crippen molar-refractivity contribution in [1.29, 1.82) is 0 Å². The zero-order chi connectivity index (χ0) is 18.4. The lowest BCUT2D eigenvalue weighted by atomic mass is 9.87. The molecule has 1 amide bonds. The molecule has 1 N–H and O–H groups in total. The van der Waals surface area contributed by atoms with Crippen LogP contribution in [0.4, 0.5) is 5.69 Å². The van der Waals surface area contributed by atoms with Gasteiger partial charge in [-0.05, 0) is 54.8 Å². The van der Waals surface area contributed by atoms with Crippen LogP contribution in [0.3, 0.4) is 0 Å². The Morgan fingerprint density at radius 3 is 2.46 bits per heavy atom. The Labute approximate surface area is 164 Å². The molecule has 0 unspecified atom stereocenters. The molecule has 0 bridgehead atoms. The number of carbonyl (C=O) groups is 1. The molecule has 0 spiro atoms. The number of ether oxygens (including phenoxy) is 1. The number of benzene rings is 2. The van der Waals surface area contributed by atoms with Crippen molar-refractivity contribution in [1.82, 2.24) is 0 Å². The van der Waals surface area contributed by atoms with E-state index in [2.05, 4.69) is 5.32 Å². The van der Waals surface area contributed by atoms with Crippen molar-refractivity contribution < 1.29 is 9.53 Å². The summed E-state index contributed by atoms with van der Waals surface area (Å²) in [5.41, 5.74) is 1.09. The summed E-state index contributed by atoms with van der Waals surface area (Å²) in [6, 6.07) is 12.2. The SMILES string of the molecule is O=C(Nc1ccc(OCCC2CCCCC2)cc1)c1ccc(Cl)cc1Cl. The van der Waals surface area contributed by atoms with Crippen molar-refractivity contribution in [2.45, 2.75) is 38.5 Å². The molecule has 0 atom stereocenters. The molecule has 0 aromatic heterocycles. The predicted molar refractivity (Wildman–Crippen MR) is 108 cm³/mol. The molecular formula is C21H23Cl2NO2. The fourth-order valence-corrected chi connectivity index (χ4v) is 3.82. The first-order valence-electron chi connectivity index (χ1n) is 9.11. The second-order valence-electron chi connectivity index (χ2n) is 6.74. The lowest BCUT2D eigenvalue weighted by Gasteiger charge is -2.21. The first-order valence-corrected chi connectivity index (χ1v) is 9.86. The maximum atomic E-state index is 12.3. The van der Waals surface area contributed by atoms with Gasteiger partial charge in [0.05, 0.1) is 17.2 Å². The summed E-state index contributed by atoms with van der Waals surface area (Å²) in [5.74, 6) is 1.37. The van der Waals surface area contributed by atoms with Crippen LogP contribution in [0.15, 0.2) is 42.5 Å². The Hall–Kier alpha value is -1.71. The molecule has 138 valence electrons. The average Bonchev–Trinajstić information content (AvgIpc) is 2.64. The lowest BCUT2D eigenvalue weighted by molar-refractivity contribution is 0.102. The fourth-order valence-electron chi connectivity index (χ4n) is 3.33. The number of hydrogen-bond donors (Lipinski definition) is 1. The highest BCUT2D eigenvalue weighted by molar-refractivity contribution is 6.37. The molecule has 26 heavy (non-hydrogen) atoms. The quantitative estimate of drug-likeness (QED) is 0.602. The zero-order valence-electron chi connectivity index (χ0n) is 14.6. The van der Waals surface area contributed by atoms with Crippen molar-refractivity contribution in [3.05, 3.63) is 58.1 Å². The second kappa shape index (κ2) is 9.29. The van der Waals surface area contributed by atoms with Crippen LogP contribution in [-0.4, -0.2) is 12.5 Å². The first kappa shape index (κ1) is 19.1. The van der Waals surface area contributed by atoms with Crippen molar-refractivity contribution in [3.8, 4) is 5.75 Å². The van der Waals surface area contributed by atoms with Gasteiger partial charge in [-0.25, -0.2) is 0 Å². The number of rotatable bonds is 6. The Morgan fingerprint density at radius 2 is 1.77 bits per heavy atom. The highest BCUT2D eigenvalue weighted by atomic mass is 35.5. The van der Waals surface area contributed by atoms with Crippen LogP contribution in [0.1, 0.15) is 48.9 Å². The minimum absolute atomic E-state index is 0.266. The third-order valence-corrected chi connectivity index (χ3v) is 5.36. The van der Waals surface area contributed by atoms with Gasteiger partial charge in [0.25, 0.3) is 5.91 Å². The summed E-state index contributed by atoms with van der Waals surface area (Å²) in [6.45, 7) is 0.747. The van der Waals surface area contributed by atoms with Gasteiger partial charge in [-0.2, -0.15) is 0 Å². The van der Waals surface area contributed by atoms with E-state index in [1.165, 1.54) is 32.1 Å². The van der Waals surface area contributed by atoms with Gasteiger partial charge in [-0.15, -0.1) is 0 Å². The molecule has 1 saturated carbocycles. The van der Waals surface area contributed by atoms with Gasteiger partial charge in [-0.1, -0.05) is 55.3 Å². The van der Waals surface area contributed by atoms with Crippen LogP contribution in [0.25, 0.3) is 0 Å². The molecule has 5 heteroatoms. The van der Waals surface area contributed by atoms with Gasteiger partial charge >= 0.3 is 0 Å². The molecule has 3 rings (SSSR count). The molecule has 1 aliphatic carbocycles. The van der Waals surface area contributed by atoms with Crippen LogP contribution in [0, 0.1) is 5.92 Å². The van der Waals surface area contributed by atoms with Gasteiger partial charge in [0, 0.05) is 10.7 Å². The van der Waals surface area contributed by atoms with Crippen LogP contribution in [0.2, 0.25) is 10.0 Å². The first-order chi connectivity index (χ1) is 12.6. The van der Waals surface area contributed by atoms with Crippen molar-refractivity contribution in [2.75, 3.05) is 11.9 Å². The average molecular weight is 392 g/mol. The third kappa shape index (κ3) is 5.39. The van der Waals surface area contributed by atoms with E-state index in [4.69, 9.17) is 27.9 Å². The van der Waals surface area contributed by atoms with Crippen molar-refractivity contribution >= 4 is 34.8 Å². The minimum atomic E-state index is -0.266. The van der Waals surface area contributed by atoms with Crippen LogP contribution >= 0.6 is 23.2 Å². The Balaban J connectivity index is 1.50. The van der Waals surface area contributed by atoms with Crippen LogP contribution in [-0.2, 0) is 0 Å². The molecule has 1 aliphatic rings. The Bertz CT molecular complexity index is 740. The van der Waals surface area contributed by atoms with E-state index in [1.807, 2.05) is 24.3 Å². The van der Waals surface area contributed by atoms with E-state index in [9.17, 15) is 4.79 Å². The van der Waals surface area contributed by atoms with Crippen LogP contribution < -0.4 is 10.1 Å². The number of nitrogens with one attached hydrogen (secondary N) is 1. The highest BCUT2D eigenvalue weighted by Gasteiger charge is 2.13. The normalized spacial score (nSPS) is 14.8. The van der Waals surface area contributed by atoms with Gasteiger partial charge in [-0.3, -0.25) is 4.79 Å². The Morgan fingerprint density at radius 1 is 1.04 bits per heavy atom. The molecule has 2 aromatic rings. The summed E-state index contributed by atoms with van der Waals surface area (Å²) < 4.78 is 5.84. The lowest BCUT2D eigenvalue weighted by Crippen LogP contribution is -2.12. The summed E-state index contributed by atoms with van der Waals surface area (Å²) >= 11 is 11.9. The summed E-state index contributed by atoms with van der Waals surface area (Å²) in [7, 11) is 0. The van der Waals surface area contributed by atoms with Gasteiger partial charge in [0.15, 0.2) is 0 Å². The van der Waals surface area contributed by atoms with Crippen molar-refractivity contribution in [2.24, 2.45) is 5.92 Å². The van der Waals surface area contributed by atoms with E-state index in [0.717, 1.165) is 24.7 Å². The maximum Gasteiger partial charge on any atom is 0.257 e. The maximum absolute atomic E-state index is 12.3. The standard InChI is InChI=1S/C21H23Cl2NO2/c22-16-6-11-19(20(23)14-16)21(25)24-17-7-9-18(10-8-17)26-13-12-15-4-2-1-3-5-15/h6-11,14-15H,1-5,12-13H2,(H,24,25). The number of carbonyl (C=O) groups excluding carboxylic acids is 1. The smallest absolute Gasteiger partial charge is 0.257 e. The third-order valence-electron chi connectivity index (χ3n) is 4.81. The topological polar surface area (TPSA) is 38.3 Å². The molecule has 0 radical (unpaired) electrons. The van der Waals surface area contributed by atoms with E-state index in [1.54, 1.807) is 18.2 Å². The molecule has 0 heterocycles. The molecule has 2 aromatic carbocycles. The molecule has 0 aliphatic heterocycles. The molecule has 3 nitrogen and oxygen atoms in total. The summed E-state index contributed by atoms with van der Waals surface area (Å²) in [4.78, 5) is 12.3. The largest absolute Gasteiger partial charge is 0.494 e. The minimum Gasteiger partial charge on any atom is -0.494 e. The van der Waals surface area contributed by atoms with Crippen LogP contribution in [0.5, 0.6) is 5.75 Å². The van der Waals surface area contributed by atoms with E-state index in [-0.39, 0.29) is 5.91 Å². The number of amides is 1. The van der Waals surface area contributed by atoms with E-state index in [0.29, 0.717) is 21.3 Å².